The van der Waals surface area contributed by atoms with Crippen molar-refractivity contribution in [3.63, 3.8) is 0 Å². The molecule has 90 valence electrons. The summed E-state index contributed by atoms with van der Waals surface area (Å²) < 4.78 is 25.3. The summed E-state index contributed by atoms with van der Waals surface area (Å²) in [5, 5.41) is 1.68. The van der Waals surface area contributed by atoms with Crippen LogP contribution in [0.15, 0.2) is 0 Å². The van der Waals surface area contributed by atoms with Crippen molar-refractivity contribution in [2.45, 2.75) is 18.6 Å². The molecule has 0 saturated heterocycles. The lowest BCUT2D eigenvalue weighted by atomic mass is 10.3. The summed E-state index contributed by atoms with van der Waals surface area (Å²) in [5.74, 6) is 0. The van der Waals surface area contributed by atoms with Crippen LogP contribution >= 0.6 is 0 Å². The Morgan fingerprint density at radius 3 is 2.40 bits per heavy atom. The van der Waals surface area contributed by atoms with E-state index in [1.807, 2.05) is 0 Å². The number of carbonyl (C=O) groups excluding carboxylic acids is 1. The summed E-state index contributed by atoms with van der Waals surface area (Å²) in [6, 6.07) is -0.680. The van der Waals surface area contributed by atoms with Crippen LogP contribution in [0.4, 0.5) is 4.79 Å². The van der Waals surface area contributed by atoms with Gasteiger partial charge in [0.1, 0.15) is 0 Å². The molecule has 0 bridgehead atoms. The van der Waals surface area contributed by atoms with Gasteiger partial charge in [0.25, 0.3) is 0 Å². The van der Waals surface area contributed by atoms with E-state index in [-0.39, 0.29) is 19.6 Å². The molecule has 0 aromatic carbocycles. The Labute approximate surface area is 89.6 Å². The third-order valence-corrected chi connectivity index (χ3v) is 3.89. The molecule has 0 aliphatic carbocycles. The predicted octanol–water partition coefficient (Wildman–Crippen LogP) is -1.69. The number of amides is 2. The molecule has 0 radical (unpaired) electrons. The fraction of sp³-hybridized carbons (Fsp3) is 0.857. The van der Waals surface area contributed by atoms with Gasteiger partial charge in [-0.3, -0.25) is 0 Å². The second-order valence-corrected chi connectivity index (χ2v) is 5.04. The van der Waals surface area contributed by atoms with Crippen molar-refractivity contribution in [2.24, 2.45) is 11.5 Å². The zero-order valence-corrected chi connectivity index (χ0v) is 9.51. The highest BCUT2D eigenvalue weighted by molar-refractivity contribution is 7.90. The third kappa shape index (κ3) is 5.55. The van der Waals surface area contributed by atoms with Crippen LogP contribution in [0.1, 0.15) is 13.3 Å². The summed E-state index contributed by atoms with van der Waals surface area (Å²) in [6.45, 7) is 2.10. The highest BCUT2D eigenvalue weighted by Crippen LogP contribution is 2.01. The molecule has 0 aliphatic heterocycles. The number of hydrogen-bond acceptors (Lipinski definition) is 4. The molecule has 0 fully saturated rings. The van der Waals surface area contributed by atoms with E-state index < -0.39 is 21.3 Å². The molecule has 8 heteroatoms. The molecule has 0 aliphatic rings. The number of carbonyl (C=O) groups is 1. The number of nitrogens with two attached hydrogens (primary N) is 2. The fourth-order valence-electron chi connectivity index (χ4n) is 1.01. The minimum Gasteiger partial charge on any atom is -0.352 e. The van der Waals surface area contributed by atoms with Gasteiger partial charge in [0, 0.05) is 19.6 Å². The summed E-state index contributed by atoms with van der Waals surface area (Å²) in [6.07, 6.45) is 0.453. The molecule has 15 heavy (non-hydrogen) atoms. The molecule has 1 unspecified atom stereocenters. The molecule has 0 rings (SSSR count). The summed E-state index contributed by atoms with van der Waals surface area (Å²) in [7, 11) is -3.39. The molecule has 6 N–H and O–H groups in total. The molecule has 0 spiro atoms. The topological polar surface area (TPSA) is 127 Å². The molecule has 0 heterocycles. The van der Waals surface area contributed by atoms with E-state index in [1.165, 1.54) is 0 Å². The predicted molar refractivity (Wildman–Crippen MR) is 57.6 cm³/mol. The maximum absolute atomic E-state index is 11.5. The number of urea groups is 1. The molecular weight excluding hydrogens is 220 g/mol. The van der Waals surface area contributed by atoms with Crippen molar-refractivity contribution < 1.29 is 13.2 Å². The van der Waals surface area contributed by atoms with E-state index >= 15 is 0 Å². The van der Waals surface area contributed by atoms with Crippen molar-refractivity contribution in [1.29, 1.82) is 0 Å². The average molecular weight is 238 g/mol. The standard InChI is InChI=1S/C7H18N4O3S/c1-2-6(5-8)15(13,14)11-4-3-10-7(9)12/h6,11H,2-5,8H2,1H3,(H3,9,10,12). The zero-order chi connectivity index (χ0) is 11.9. The van der Waals surface area contributed by atoms with E-state index in [4.69, 9.17) is 11.5 Å². The fourth-order valence-corrected chi connectivity index (χ4v) is 2.32. The van der Waals surface area contributed by atoms with Crippen LogP contribution in [0.2, 0.25) is 0 Å². The Balaban J connectivity index is 3.99. The van der Waals surface area contributed by atoms with Gasteiger partial charge in [0.05, 0.1) is 5.25 Å². The normalized spacial score (nSPS) is 13.5. The average Bonchev–Trinajstić information content (AvgIpc) is 2.14. The first kappa shape index (κ1) is 14.1. The molecule has 0 aromatic heterocycles. The Bertz CT molecular complexity index is 287. The van der Waals surface area contributed by atoms with Gasteiger partial charge in [0.15, 0.2) is 0 Å². The van der Waals surface area contributed by atoms with Crippen LogP contribution in [0, 0.1) is 0 Å². The molecule has 2 amide bonds. The second kappa shape index (κ2) is 6.59. The molecular formula is C7H18N4O3S. The summed E-state index contributed by atoms with van der Waals surface area (Å²) >= 11 is 0. The van der Waals surface area contributed by atoms with Crippen molar-refractivity contribution in [3.8, 4) is 0 Å². The van der Waals surface area contributed by atoms with E-state index in [0.29, 0.717) is 6.42 Å². The number of rotatable bonds is 7. The number of sulfonamides is 1. The van der Waals surface area contributed by atoms with Crippen LogP contribution < -0.4 is 21.5 Å². The first-order valence-corrected chi connectivity index (χ1v) is 6.20. The highest BCUT2D eigenvalue weighted by atomic mass is 32.2. The Hall–Kier alpha value is -0.860. The Morgan fingerprint density at radius 2 is 2.00 bits per heavy atom. The van der Waals surface area contributed by atoms with Gasteiger partial charge in [-0.25, -0.2) is 17.9 Å². The quantitative estimate of drug-likeness (QED) is 0.395. The zero-order valence-electron chi connectivity index (χ0n) is 8.69. The third-order valence-electron chi connectivity index (χ3n) is 1.88. The number of nitrogens with one attached hydrogen (secondary N) is 2. The maximum atomic E-state index is 11.5. The minimum atomic E-state index is -3.39. The van der Waals surface area contributed by atoms with Crippen molar-refractivity contribution >= 4 is 16.1 Å². The highest BCUT2D eigenvalue weighted by Gasteiger charge is 2.21. The molecule has 1 atom stereocenters. The van der Waals surface area contributed by atoms with Crippen LogP contribution in [-0.2, 0) is 10.0 Å². The van der Waals surface area contributed by atoms with Crippen molar-refractivity contribution in [3.05, 3.63) is 0 Å². The Kier molecular flexibility index (Phi) is 6.21. The second-order valence-electron chi connectivity index (χ2n) is 3.00. The lowest BCUT2D eigenvalue weighted by Crippen LogP contribution is -2.42. The van der Waals surface area contributed by atoms with Gasteiger partial charge in [-0.2, -0.15) is 0 Å². The lowest BCUT2D eigenvalue weighted by Gasteiger charge is -2.14. The van der Waals surface area contributed by atoms with Crippen LogP contribution in [0.5, 0.6) is 0 Å². The smallest absolute Gasteiger partial charge is 0.312 e. The summed E-state index contributed by atoms with van der Waals surface area (Å²) in [4.78, 5) is 10.3. The Morgan fingerprint density at radius 1 is 1.40 bits per heavy atom. The van der Waals surface area contributed by atoms with Crippen molar-refractivity contribution in [1.82, 2.24) is 10.0 Å². The SMILES string of the molecule is CCC(CN)S(=O)(=O)NCCNC(N)=O. The number of hydrogen-bond donors (Lipinski definition) is 4. The number of primary amides is 1. The van der Waals surface area contributed by atoms with Gasteiger partial charge in [0.2, 0.25) is 10.0 Å². The maximum Gasteiger partial charge on any atom is 0.312 e. The molecule has 7 nitrogen and oxygen atoms in total. The van der Waals surface area contributed by atoms with Crippen molar-refractivity contribution in [2.75, 3.05) is 19.6 Å². The first-order chi connectivity index (χ1) is 6.94. The van der Waals surface area contributed by atoms with Crippen LogP contribution in [0.25, 0.3) is 0 Å². The molecule has 0 saturated carbocycles. The first-order valence-electron chi connectivity index (χ1n) is 4.65. The van der Waals surface area contributed by atoms with E-state index in [0.717, 1.165) is 0 Å². The van der Waals surface area contributed by atoms with Crippen LogP contribution in [0.3, 0.4) is 0 Å². The van der Waals surface area contributed by atoms with Gasteiger partial charge >= 0.3 is 6.03 Å². The monoisotopic (exact) mass is 238 g/mol. The summed E-state index contributed by atoms with van der Waals surface area (Å²) in [5.41, 5.74) is 10.1. The van der Waals surface area contributed by atoms with Gasteiger partial charge in [-0.1, -0.05) is 6.92 Å². The van der Waals surface area contributed by atoms with Gasteiger partial charge in [-0.15, -0.1) is 0 Å². The minimum absolute atomic E-state index is 0.0785. The van der Waals surface area contributed by atoms with Gasteiger partial charge < -0.3 is 16.8 Å². The molecule has 0 aromatic rings. The largest absolute Gasteiger partial charge is 0.352 e. The van der Waals surface area contributed by atoms with E-state index in [1.54, 1.807) is 6.92 Å². The lowest BCUT2D eigenvalue weighted by molar-refractivity contribution is 0.249. The van der Waals surface area contributed by atoms with Gasteiger partial charge in [-0.05, 0) is 6.42 Å². The van der Waals surface area contributed by atoms with Crippen LogP contribution in [-0.4, -0.2) is 39.3 Å². The van der Waals surface area contributed by atoms with E-state index in [2.05, 4.69) is 10.0 Å². The van der Waals surface area contributed by atoms with E-state index in [9.17, 15) is 13.2 Å².